The van der Waals surface area contributed by atoms with Crippen molar-refractivity contribution in [3.8, 4) is 16.5 Å². The third kappa shape index (κ3) is 3.92. The number of carbonyl (C=O) groups excluding carboxylic acids is 1. The molecule has 0 bridgehead atoms. The number of rotatable bonds is 6. The minimum absolute atomic E-state index is 0.133. The lowest BCUT2D eigenvalue weighted by atomic mass is 10.2. The summed E-state index contributed by atoms with van der Waals surface area (Å²) in [5.41, 5.74) is 0.490. The van der Waals surface area contributed by atoms with Crippen LogP contribution < -0.4 is 10.1 Å². The molecule has 7 nitrogen and oxygen atoms in total. The van der Waals surface area contributed by atoms with E-state index in [-0.39, 0.29) is 12.0 Å². The first kappa shape index (κ1) is 16.7. The summed E-state index contributed by atoms with van der Waals surface area (Å²) in [5, 5.41) is 11.8. The summed E-state index contributed by atoms with van der Waals surface area (Å²) >= 11 is 1.25. The summed E-state index contributed by atoms with van der Waals surface area (Å²) in [4.78, 5) is 12.4. The van der Waals surface area contributed by atoms with Crippen LogP contribution in [0.3, 0.4) is 0 Å². The second-order valence-electron chi connectivity index (χ2n) is 5.82. The molecule has 1 aromatic carbocycles. The first-order chi connectivity index (χ1) is 12.8. The summed E-state index contributed by atoms with van der Waals surface area (Å²) in [5.74, 6) is 0.990. The van der Waals surface area contributed by atoms with Gasteiger partial charge in [0.2, 0.25) is 5.13 Å². The number of amides is 1. The van der Waals surface area contributed by atoms with E-state index in [9.17, 15) is 4.79 Å². The normalized spacial score (nSPS) is 16.5. The number of hydrogen-bond acceptors (Lipinski definition) is 7. The van der Waals surface area contributed by atoms with Crippen molar-refractivity contribution in [1.82, 2.24) is 10.2 Å². The zero-order chi connectivity index (χ0) is 17.8. The van der Waals surface area contributed by atoms with Gasteiger partial charge in [-0.2, -0.15) is 0 Å². The minimum atomic E-state index is -0.269. The Kier molecular flexibility index (Phi) is 4.94. The van der Waals surface area contributed by atoms with Crippen LogP contribution in [-0.4, -0.2) is 35.4 Å². The lowest BCUT2D eigenvalue weighted by Gasteiger charge is -2.12. The van der Waals surface area contributed by atoms with Crippen molar-refractivity contribution in [2.75, 3.05) is 18.5 Å². The van der Waals surface area contributed by atoms with Crippen LogP contribution in [0.4, 0.5) is 5.13 Å². The summed E-state index contributed by atoms with van der Waals surface area (Å²) in [6.07, 6.45) is 3.78. The van der Waals surface area contributed by atoms with Crippen molar-refractivity contribution in [2.45, 2.75) is 18.9 Å². The fourth-order valence-corrected chi connectivity index (χ4v) is 3.34. The van der Waals surface area contributed by atoms with Crippen molar-refractivity contribution in [3.05, 3.63) is 48.2 Å². The van der Waals surface area contributed by atoms with Gasteiger partial charge < -0.3 is 13.9 Å². The van der Waals surface area contributed by atoms with Gasteiger partial charge in [-0.3, -0.25) is 10.1 Å². The predicted octanol–water partition coefficient (Wildman–Crippen LogP) is 3.61. The maximum Gasteiger partial charge on any atom is 0.257 e. The van der Waals surface area contributed by atoms with Gasteiger partial charge in [0, 0.05) is 12.2 Å². The van der Waals surface area contributed by atoms with Crippen LogP contribution >= 0.6 is 11.3 Å². The van der Waals surface area contributed by atoms with Crippen LogP contribution in [0.1, 0.15) is 23.2 Å². The number of anilines is 1. The number of carbonyl (C=O) groups is 1. The van der Waals surface area contributed by atoms with E-state index in [0.717, 1.165) is 19.4 Å². The Morgan fingerprint density at radius 1 is 1.31 bits per heavy atom. The third-order valence-corrected chi connectivity index (χ3v) is 4.79. The molecule has 0 radical (unpaired) electrons. The second-order valence-corrected chi connectivity index (χ2v) is 6.80. The van der Waals surface area contributed by atoms with E-state index in [1.165, 1.54) is 11.3 Å². The van der Waals surface area contributed by atoms with E-state index in [1.807, 2.05) is 6.07 Å². The number of nitrogens with zero attached hydrogens (tertiary/aromatic N) is 2. The largest absolute Gasteiger partial charge is 0.491 e. The van der Waals surface area contributed by atoms with Gasteiger partial charge in [0.05, 0.1) is 12.4 Å². The van der Waals surface area contributed by atoms with Crippen molar-refractivity contribution in [2.24, 2.45) is 0 Å². The molecule has 1 aliphatic rings. The molecule has 0 spiro atoms. The van der Waals surface area contributed by atoms with Crippen LogP contribution in [0.2, 0.25) is 0 Å². The molecule has 0 saturated carbocycles. The van der Waals surface area contributed by atoms with Crippen molar-refractivity contribution in [3.63, 3.8) is 0 Å². The zero-order valence-electron chi connectivity index (χ0n) is 13.9. The van der Waals surface area contributed by atoms with Gasteiger partial charge in [0.15, 0.2) is 10.8 Å². The highest BCUT2D eigenvalue weighted by atomic mass is 32.1. The fourth-order valence-electron chi connectivity index (χ4n) is 2.63. The summed E-state index contributed by atoms with van der Waals surface area (Å²) in [6.45, 7) is 1.28. The molecule has 8 heteroatoms. The molecular formula is C18H17N3O4S. The molecule has 4 rings (SSSR count). The van der Waals surface area contributed by atoms with E-state index in [0.29, 0.717) is 33.8 Å². The Balaban J connectivity index is 1.39. The van der Waals surface area contributed by atoms with Gasteiger partial charge in [-0.15, -0.1) is 10.2 Å². The smallest absolute Gasteiger partial charge is 0.257 e. The van der Waals surface area contributed by atoms with Crippen LogP contribution in [0.5, 0.6) is 5.75 Å². The molecule has 0 aliphatic carbocycles. The van der Waals surface area contributed by atoms with Crippen molar-refractivity contribution in [1.29, 1.82) is 0 Å². The lowest BCUT2D eigenvalue weighted by Crippen LogP contribution is -2.17. The van der Waals surface area contributed by atoms with E-state index in [2.05, 4.69) is 15.5 Å². The first-order valence-electron chi connectivity index (χ1n) is 8.31. The maximum absolute atomic E-state index is 12.4. The van der Waals surface area contributed by atoms with E-state index in [4.69, 9.17) is 13.9 Å². The van der Waals surface area contributed by atoms with Gasteiger partial charge >= 0.3 is 0 Å². The third-order valence-electron chi connectivity index (χ3n) is 3.93. The quantitative estimate of drug-likeness (QED) is 0.712. The van der Waals surface area contributed by atoms with E-state index < -0.39 is 0 Å². The van der Waals surface area contributed by atoms with Crippen molar-refractivity contribution < 1.29 is 18.7 Å². The molecule has 1 N–H and O–H groups in total. The lowest BCUT2D eigenvalue weighted by molar-refractivity contribution is 0.0679. The Labute approximate surface area is 154 Å². The van der Waals surface area contributed by atoms with Crippen LogP contribution in [0.15, 0.2) is 47.1 Å². The Morgan fingerprint density at radius 3 is 3.08 bits per heavy atom. The number of aromatic nitrogens is 2. The molecule has 2 aromatic heterocycles. The number of nitrogens with one attached hydrogen (secondary N) is 1. The Hall–Kier alpha value is -2.71. The zero-order valence-corrected chi connectivity index (χ0v) is 14.7. The molecule has 3 aromatic rings. The number of hydrogen-bond donors (Lipinski definition) is 1. The molecule has 0 unspecified atom stereocenters. The highest BCUT2D eigenvalue weighted by molar-refractivity contribution is 7.18. The van der Waals surface area contributed by atoms with E-state index in [1.54, 1.807) is 36.6 Å². The highest BCUT2D eigenvalue weighted by Crippen LogP contribution is 2.27. The standard InChI is InChI=1S/C18H17N3O4S/c22-16(19-18-21-20-17(26-18)15-7-3-9-24-15)12-4-1-5-13(10-12)25-11-14-6-2-8-23-14/h1,3-5,7,9-10,14H,2,6,8,11H2,(H,19,21,22)/t14-/m0/s1. The SMILES string of the molecule is O=C(Nc1nnc(-c2ccco2)s1)c1cccc(OC[C@@H]2CCCO2)c1. The van der Waals surface area contributed by atoms with Gasteiger partial charge in [-0.25, -0.2) is 0 Å². The monoisotopic (exact) mass is 371 g/mol. The molecule has 1 saturated heterocycles. The molecule has 1 atom stereocenters. The molecule has 1 fully saturated rings. The van der Waals surface area contributed by atoms with E-state index >= 15 is 0 Å². The fraction of sp³-hybridized carbons (Fsp3) is 0.278. The Morgan fingerprint density at radius 2 is 2.27 bits per heavy atom. The van der Waals surface area contributed by atoms with Gasteiger partial charge in [0.1, 0.15) is 12.4 Å². The summed E-state index contributed by atoms with van der Waals surface area (Å²) < 4.78 is 16.6. The predicted molar refractivity (Wildman–Crippen MR) is 96.5 cm³/mol. The molecule has 26 heavy (non-hydrogen) atoms. The number of furan rings is 1. The molecule has 1 aliphatic heterocycles. The number of benzene rings is 1. The van der Waals surface area contributed by atoms with Crippen LogP contribution in [0.25, 0.3) is 10.8 Å². The molecule has 1 amide bonds. The second kappa shape index (κ2) is 7.67. The van der Waals surface area contributed by atoms with Crippen molar-refractivity contribution >= 4 is 22.4 Å². The summed E-state index contributed by atoms with van der Waals surface area (Å²) in [6, 6.07) is 10.6. The number of ether oxygens (including phenoxy) is 2. The highest BCUT2D eigenvalue weighted by Gasteiger charge is 2.17. The van der Waals surface area contributed by atoms with Gasteiger partial charge in [0.25, 0.3) is 5.91 Å². The Bertz CT molecular complexity index is 872. The average Bonchev–Trinajstić information content (AvgIpc) is 3.41. The summed E-state index contributed by atoms with van der Waals surface area (Å²) in [7, 11) is 0. The molecule has 134 valence electrons. The van der Waals surface area contributed by atoms with Gasteiger partial charge in [-0.05, 0) is 43.2 Å². The average molecular weight is 371 g/mol. The topological polar surface area (TPSA) is 86.5 Å². The molecular weight excluding hydrogens is 354 g/mol. The minimum Gasteiger partial charge on any atom is -0.491 e. The maximum atomic E-state index is 12.4. The van der Waals surface area contributed by atoms with Crippen LogP contribution in [0, 0.1) is 0 Å². The van der Waals surface area contributed by atoms with Crippen LogP contribution in [-0.2, 0) is 4.74 Å². The molecule has 3 heterocycles. The van der Waals surface area contributed by atoms with Gasteiger partial charge in [-0.1, -0.05) is 17.4 Å². The first-order valence-corrected chi connectivity index (χ1v) is 9.13.